The number of nitrogens with zero attached hydrogens (tertiary/aromatic N) is 1. The van der Waals surface area contributed by atoms with E-state index in [-0.39, 0.29) is 10.9 Å². The fourth-order valence-electron chi connectivity index (χ4n) is 0.937. The van der Waals surface area contributed by atoms with Gasteiger partial charge in [0, 0.05) is 21.6 Å². The number of rotatable bonds is 3. The van der Waals surface area contributed by atoms with Crippen LogP contribution in [-0.4, -0.2) is 26.6 Å². The fraction of sp³-hybridized carbons (Fsp3) is 0.375. The van der Waals surface area contributed by atoms with Gasteiger partial charge >= 0.3 is 0 Å². The first-order valence-corrected chi connectivity index (χ1v) is 5.70. The van der Waals surface area contributed by atoms with Gasteiger partial charge in [-0.15, -0.1) is 0 Å². The molecule has 0 spiro atoms. The number of aliphatic hydroxyl groups is 2. The zero-order valence-corrected chi connectivity index (χ0v) is 10.2. The van der Waals surface area contributed by atoms with Gasteiger partial charge in [0.05, 0.1) is 6.10 Å². The number of aromatic nitrogens is 1. The molecule has 6 heteroatoms. The minimum absolute atomic E-state index is 0.0219. The molecule has 78 valence electrons. The molecule has 14 heavy (non-hydrogen) atoms. The Labute approximate surface area is 97.2 Å². The van der Waals surface area contributed by atoms with E-state index in [4.69, 9.17) is 0 Å². The zero-order valence-electron chi connectivity index (χ0n) is 6.99. The topological polar surface area (TPSA) is 53.4 Å². The molecule has 0 bridgehead atoms. The summed E-state index contributed by atoms with van der Waals surface area (Å²) in [6.07, 6.45) is -1.05. The molecule has 1 aromatic heterocycles. The van der Waals surface area contributed by atoms with E-state index in [1.165, 1.54) is 12.3 Å². The van der Waals surface area contributed by atoms with Crippen molar-refractivity contribution in [3.63, 3.8) is 0 Å². The summed E-state index contributed by atoms with van der Waals surface area (Å²) in [5.41, 5.74) is -0.0219. The smallest absolute Gasteiger partial charge is 0.218 e. The van der Waals surface area contributed by atoms with Gasteiger partial charge in [-0.1, -0.05) is 15.9 Å². The van der Waals surface area contributed by atoms with Crippen LogP contribution in [0.3, 0.4) is 0 Å². The molecule has 0 aliphatic carbocycles. The summed E-state index contributed by atoms with van der Waals surface area (Å²) >= 11 is 6.09. The number of alkyl halides is 1. The van der Waals surface area contributed by atoms with Crippen molar-refractivity contribution in [1.82, 2.24) is 4.98 Å². The van der Waals surface area contributed by atoms with Crippen LogP contribution in [0.15, 0.2) is 16.7 Å². The third-order valence-electron chi connectivity index (χ3n) is 1.67. The largest absolute Gasteiger partial charge is 0.389 e. The molecule has 2 atom stereocenters. The summed E-state index contributed by atoms with van der Waals surface area (Å²) < 4.78 is 13.6. The van der Waals surface area contributed by atoms with Gasteiger partial charge in [-0.2, -0.15) is 4.39 Å². The summed E-state index contributed by atoms with van der Waals surface area (Å²) in [7, 11) is 0. The Hall–Kier alpha value is -0.0400. The molecule has 3 nitrogen and oxygen atoms in total. The Bertz CT molecular complexity index is 324. The standard InChI is InChI=1S/C8H8Br2FNO2/c9-2-6(13)7(14)5-1-4(10)3-12-8(5)11/h1,3,6-7,13-14H,2H2. The van der Waals surface area contributed by atoms with Crippen molar-refractivity contribution in [3.05, 3.63) is 28.2 Å². The van der Waals surface area contributed by atoms with Gasteiger partial charge in [0.25, 0.3) is 0 Å². The van der Waals surface area contributed by atoms with Gasteiger partial charge in [-0.25, -0.2) is 4.98 Å². The predicted molar refractivity (Wildman–Crippen MR) is 56.7 cm³/mol. The number of pyridine rings is 1. The normalized spacial score (nSPS) is 15.2. The molecule has 2 unspecified atom stereocenters. The van der Waals surface area contributed by atoms with Gasteiger partial charge < -0.3 is 10.2 Å². The van der Waals surface area contributed by atoms with Gasteiger partial charge in [0.15, 0.2) is 0 Å². The van der Waals surface area contributed by atoms with Crippen LogP contribution < -0.4 is 0 Å². The van der Waals surface area contributed by atoms with Crippen molar-refractivity contribution in [2.45, 2.75) is 12.2 Å². The fourth-order valence-corrected chi connectivity index (χ4v) is 1.64. The lowest BCUT2D eigenvalue weighted by atomic mass is 10.1. The van der Waals surface area contributed by atoms with Crippen molar-refractivity contribution in [3.8, 4) is 0 Å². The van der Waals surface area contributed by atoms with Crippen LogP contribution in [0.5, 0.6) is 0 Å². The molecule has 1 heterocycles. The van der Waals surface area contributed by atoms with Crippen LogP contribution in [-0.2, 0) is 0 Å². The maximum Gasteiger partial charge on any atom is 0.218 e. The minimum Gasteiger partial charge on any atom is -0.389 e. The summed E-state index contributed by atoms with van der Waals surface area (Å²) in [4.78, 5) is 3.42. The van der Waals surface area contributed by atoms with Crippen LogP contribution in [0.4, 0.5) is 4.39 Å². The quantitative estimate of drug-likeness (QED) is 0.657. The SMILES string of the molecule is OC(CBr)C(O)c1cc(Br)cnc1F. The lowest BCUT2D eigenvalue weighted by Crippen LogP contribution is -2.20. The number of hydrogen-bond donors (Lipinski definition) is 2. The van der Waals surface area contributed by atoms with Gasteiger partial charge in [-0.05, 0) is 22.0 Å². The number of hydrogen-bond acceptors (Lipinski definition) is 3. The molecule has 0 aromatic carbocycles. The van der Waals surface area contributed by atoms with E-state index >= 15 is 0 Å². The Morgan fingerprint density at radius 1 is 1.50 bits per heavy atom. The van der Waals surface area contributed by atoms with Crippen molar-refractivity contribution in [2.75, 3.05) is 5.33 Å². The Balaban J connectivity index is 2.99. The minimum atomic E-state index is -1.28. The van der Waals surface area contributed by atoms with E-state index < -0.39 is 18.2 Å². The monoisotopic (exact) mass is 327 g/mol. The summed E-state index contributed by atoms with van der Waals surface area (Å²) in [6, 6.07) is 1.39. The molecule has 0 amide bonds. The third-order valence-corrected chi connectivity index (χ3v) is 2.77. The van der Waals surface area contributed by atoms with E-state index in [0.717, 1.165) is 0 Å². The molecule has 0 aliphatic rings. The van der Waals surface area contributed by atoms with Crippen molar-refractivity contribution in [1.29, 1.82) is 0 Å². The van der Waals surface area contributed by atoms with E-state index in [1.807, 2.05) is 0 Å². The van der Waals surface area contributed by atoms with Gasteiger partial charge in [0.2, 0.25) is 5.95 Å². The summed E-state index contributed by atoms with van der Waals surface area (Å²) in [6.45, 7) is 0. The summed E-state index contributed by atoms with van der Waals surface area (Å²) in [5.74, 6) is -0.777. The maximum atomic E-state index is 13.1. The van der Waals surface area contributed by atoms with E-state index in [0.29, 0.717) is 4.47 Å². The summed E-state index contributed by atoms with van der Waals surface area (Å²) in [5, 5.41) is 19.0. The molecule has 0 fully saturated rings. The second-order valence-electron chi connectivity index (χ2n) is 2.70. The van der Waals surface area contributed by atoms with Crippen LogP contribution in [0.2, 0.25) is 0 Å². The van der Waals surface area contributed by atoms with Crippen molar-refractivity contribution in [2.24, 2.45) is 0 Å². The average Bonchev–Trinajstić information content (AvgIpc) is 2.19. The molecule has 0 saturated carbocycles. The Morgan fingerprint density at radius 3 is 2.71 bits per heavy atom. The molecule has 2 N–H and O–H groups in total. The van der Waals surface area contributed by atoms with E-state index in [2.05, 4.69) is 36.8 Å². The van der Waals surface area contributed by atoms with Crippen LogP contribution in [0, 0.1) is 5.95 Å². The average molecular weight is 329 g/mol. The predicted octanol–water partition coefficient (Wildman–Crippen LogP) is 1.77. The molecule has 0 radical (unpaired) electrons. The molecule has 0 aliphatic heterocycles. The Morgan fingerprint density at radius 2 is 2.14 bits per heavy atom. The van der Waals surface area contributed by atoms with E-state index in [9.17, 15) is 14.6 Å². The first-order chi connectivity index (χ1) is 6.56. The van der Waals surface area contributed by atoms with Crippen LogP contribution in [0.25, 0.3) is 0 Å². The molecular formula is C8H8Br2FNO2. The van der Waals surface area contributed by atoms with Crippen molar-refractivity contribution < 1.29 is 14.6 Å². The van der Waals surface area contributed by atoms with Crippen molar-refractivity contribution >= 4 is 31.9 Å². The maximum absolute atomic E-state index is 13.1. The molecule has 1 aromatic rings. The van der Waals surface area contributed by atoms with Crippen LogP contribution in [0.1, 0.15) is 11.7 Å². The highest BCUT2D eigenvalue weighted by Crippen LogP contribution is 2.23. The highest BCUT2D eigenvalue weighted by molar-refractivity contribution is 9.10. The lowest BCUT2D eigenvalue weighted by molar-refractivity contribution is 0.0314. The molecule has 0 saturated heterocycles. The first-order valence-electron chi connectivity index (χ1n) is 3.79. The van der Waals surface area contributed by atoms with Crippen LogP contribution >= 0.6 is 31.9 Å². The van der Waals surface area contributed by atoms with Gasteiger partial charge in [0.1, 0.15) is 6.10 Å². The molecular weight excluding hydrogens is 321 g/mol. The van der Waals surface area contributed by atoms with E-state index in [1.54, 1.807) is 0 Å². The second kappa shape index (κ2) is 5.16. The zero-order chi connectivity index (χ0) is 10.7. The third kappa shape index (κ3) is 2.73. The highest BCUT2D eigenvalue weighted by atomic mass is 79.9. The highest BCUT2D eigenvalue weighted by Gasteiger charge is 2.21. The lowest BCUT2D eigenvalue weighted by Gasteiger charge is -2.15. The number of halogens is 3. The molecule has 1 rings (SSSR count). The first kappa shape index (κ1) is 12.0. The van der Waals surface area contributed by atoms with Gasteiger partial charge in [-0.3, -0.25) is 0 Å². The Kier molecular flexibility index (Phi) is 4.43. The number of aliphatic hydroxyl groups excluding tert-OH is 2. The second-order valence-corrected chi connectivity index (χ2v) is 4.26.